The lowest BCUT2D eigenvalue weighted by atomic mass is 9.90. The first-order valence-electron chi connectivity index (χ1n) is 9.22. The highest BCUT2D eigenvalue weighted by atomic mass is 32.1. The highest BCUT2D eigenvalue weighted by Crippen LogP contribution is 2.33. The topological polar surface area (TPSA) is 65.2 Å². The highest BCUT2D eigenvalue weighted by Gasteiger charge is 2.24. The van der Waals surface area contributed by atoms with Gasteiger partial charge in [0.05, 0.1) is 0 Å². The maximum atomic E-state index is 12.5. The molecule has 5 nitrogen and oxygen atoms in total. The number of nitrogens with zero attached hydrogens (tertiary/aromatic N) is 2. The Morgan fingerprint density at radius 3 is 2.85 bits per heavy atom. The molecule has 1 aliphatic carbocycles. The second-order valence-corrected chi connectivity index (χ2v) is 8.40. The molecule has 2 aromatic heterocycles. The summed E-state index contributed by atoms with van der Waals surface area (Å²) in [4.78, 5) is 14.5. The molecule has 6 heteroatoms. The summed E-state index contributed by atoms with van der Waals surface area (Å²) >= 11 is 1.54. The van der Waals surface area contributed by atoms with Gasteiger partial charge in [0, 0.05) is 10.4 Å². The quantitative estimate of drug-likeness (QED) is 0.584. The number of hydrogen-bond acceptors (Lipinski definition) is 6. The van der Waals surface area contributed by atoms with E-state index < -0.39 is 6.10 Å². The van der Waals surface area contributed by atoms with Gasteiger partial charge in [-0.25, -0.2) is 4.79 Å². The summed E-state index contributed by atoms with van der Waals surface area (Å²) in [5.74, 6) is 1.07. The van der Waals surface area contributed by atoms with Crippen LogP contribution in [0.3, 0.4) is 0 Å². The average Bonchev–Trinajstić information content (AvgIpc) is 3.29. The molecule has 0 radical (unpaired) electrons. The number of esters is 1. The first-order valence-corrected chi connectivity index (χ1v) is 10.0. The van der Waals surface area contributed by atoms with E-state index in [4.69, 9.17) is 9.15 Å². The number of thiophene rings is 1. The number of aromatic nitrogens is 2. The Kier molecular flexibility index (Phi) is 4.83. The van der Waals surface area contributed by atoms with Gasteiger partial charge in [0.1, 0.15) is 4.88 Å². The molecule has 3 aromatic rings. The zero-order valence-corrected chi connectivity index (χ0v) is 16.5. The van der Waals surface area contributed by atoms with Crippen LogP contribution in [0.25, 0.3) is 11.5 Å². The Labute approximate surface area is 162 Å². The normalized spacial score (nSPS) is 17.4. The molecule has 2 atom stereocenters. The van der Waals surface area contributed by atoms with E-state index in [0.29, 0.717) is 22.6 Å². The Morgan fingerprint density at radius 1 is 1.30 bits per heavy atom. The van der Waals surface area contributed by atoms with Crippen LogP contribution in [0, 0.1) is 12.8 Å². The van der Waals surface area contributed by atoms with Gasteiger partial charge in [0.15, 0.2) is 6.10 Å². The van der Waals surface area contributed by atoms with Crippen LogP contribution >= 0.6 is 11.3 Å². The molecule has 1 aliphatic rings. The summed E-state index contributed by atoms with van der Waals surface area (Å²) in [7, 11) is 0. The number of carbonyl (C=O) groups excluding carboxylic acids is 1. The van der Waals surface area contributed by atoms with Crippen molar-refractivity contribution in [3.8, 4) is 11.5 Å². The van der Waals surface area contributed by atoms with Gasteiger partial charge in [-0.2, -0.15) is 0 Å². The molecule has 0 aliphatic heterocycles. The van der Waals surface area contributed by atoms with Gasteiger partial charge in [0.2, 0.25) is 5.89 Å². The number of fused-ring (bicyclic) bond motifs is 1. The predicted octanol–water partition coefficient (Wildman–Crippen LogP) is 5.15. The standard InChI is InChI=1S/C21H22N2O3S/c1-12-4-7-15(8-5-12)20-23-22-19(26-20)14(3)25-21(24)18-11-16-10-13(2)6-9-17(16)27-18/h4-5,7-8,11,13-14H,6,9-10H2,1-3H3/t13-,14-/m1/s1. The van der Waals surface area contributed by atoms with Crippen molar-refractivity contribution in [1.82, 2.24) is 10.2 Å². The number of hydrogen-bond donors (Lipinski definition) is 0. The molecule has 0 N–H and O–H groups in total. The fourth-order valence-corrected chi connectivity index (χ4v) is 4.38. The molecule has 0 unspecified atom stereocenters. The summed E-state index contributed by atoms with van der Waals surface area (Å²) < 4.78 is 11.3. The molecule has 4 rings (SSSR count). The van der Waals surface area contributed by atoms with Crippen LogP contribution < -0.4 is 0 Å². The van der Waals surface area contributed by atoms with E-state index in [1.807, 2.05) is 37.3 Å². The smallest absolute Gasteiger partial charge is 0.349 e. The molecule has 1 aromatic carbocycles. The van der Waals surface area contributed by atoms with Gasteiger partial charge in [-0.15, -0.1) is 21.5 Å². The van der Waals surface area contributed by atoms with E-state index in [1.54, 1.807) is 18.3 Å². The predicted molar refractivity (Wildman–Crippen MR) is 104 cm³/mol. The molecule has 27 heavy (non-hydrogen) atoms. The van der Waals surface area contributed by atoms with E-state index in [9.17, 15) is 4.79 Å². The molecule has 0 spiro atoms. The first kappa shape index (κ1) is 17.9. The Balaban J connectivity index is 1.45. The van der Waals surface area contributed by atoms with Crippen LogP contribution in [0.15, 0.2) is 34.7 Å². The molecule has 0 saturated carbocycles. The Hall–Kier alpha value is -2.47. The van der Waals surface area contributed by atoms with E-state index >= 15 is 0 Å². The average molecular weight is 382 g/mol. The van der Waals surface area contributed by atoms with Gasteiger partial charge in [0.25, 0.3) is 5.89 Å². The lowest BCUT2D eigenvalue weighted by Gasteiger charge is -2.16. The van der Waals surface area contributed by atoms with Crippen molar-refractivity contribution in [3.63, 3.8) is 0 Å². The Bertz CT molecular complexity index is 958. The molecule has 0 saturated heterocycles. The van der Waals surface area contributed by atoms with Crippen LogP contribution in [0.1, 0.15) is 57.9 Å². The monoisotopic (exact) mass is 382 g/mol. The SMILES string of the molecule is Cc1ccc(-c2nnc([C@@H](C)OC(=O)c3cc4c(s3)CC[C@@H](C)C4)o2)cc1. The van der Waals surface area contributed by atoms with E-state index in [1.165, 1.54) is 16.9 Å². The lowest BCUT2D eigenvalue weighted by molar-refractivity contribution is 0.0285. The first-order chi connectivity index (χ1) is 13.0. The summed E-state index contributed by atoms with van der Waals surface area (Å²) in [6.45, 7) is 6.02. The summed E-state index contributed by atoms with van der Waals surface area (Å²) in [6, 6.07) is 9.82. The zero-order chi connectivity index (χ0) is 19.0. The summed E-state index contributed by atoms with van der Waals surface area (Å²) in [5, 5.41) is 8.12. The zero-order valence-electron chi connectivity index (χ0n) is 15.7. The summed E-state index contributed by atoms with van der Waals surface area (Å²) in [6.07, 6.45) is 2.68. The number of aryl methyl sites for hydroxylation is 2. The molecular formula is C21H22N2O3S. The van der Waals surface area contributed by atoms with Gasteiger partial charge in [-0.1, -0.05) is 24.6 Å². The van der Waals surface area contributed by atoms with Gasteiger partial charge >= 0.3 is 5.97 Å². The second-order valence-electron chi connectivity index (χ2n) is 7.27. The van der Waals surface area contributed by atoms with E-state index in [-0.39, 0.29) is 5.97 Å². The number of benzene rings is 1. The van der Waals surface area contributed by atoms with Crippen LogP contribution in [-0.4, -0.2) is 16.2 Å². The van der Waals surface area contributed by atoms with Crippen molar-refractivity contribution in [2.75, 3.05) is 0 Å². The third-order valence-electron chi connectivity index (χ3n) is 4.90. The highest BCUT2D eigenvalue weighted by molar-refractivity contribution is 7.14. The van der Waals surface area contributed by atoms with Gasteiger partial charge in [-0.05, 0) is 62.8 Å². The molecule has 0 fully saturated rings. The van der Waals surface area contributed by atoms with Crippen molar-refractivity contribution in [2.45, 2.75) is 46.1 Å². The molecule has 140 valence electrons. The van der Waals surface area contributed by atoms with Crippen molar-refractivity contribution in [1.29, 1.82) is 0 Å². The lowest BCUT2D eigenvalue weighted by Crippen LogP contribution is -2.08. The van der Waals surface area contributed by atoms with E-state index in [0.717, 1.165) is 24.0 Å². The number of ether oxygens (including phenoxy) is 1. The van der Waals surface area contributed by atoms with Crippen molar-refractivity contribution in [2.24, 2.45) is 5.92 Å². The minimum absolute atomic E-state index is 0.300. The van der Waals surface area contributed by atoms with Crippen LogP contribution in [0.5, 0.6) is 0 Å². The minimum atomic E-state index is -0.595. The van der Waals surface area contributed by atoms with Crippen molar-refractivity contribution < 1.29 is 13.9 Å². The van der Waals surface area contributed by atoms with Crippen LogP contribution in [-0.2, 0) is 17.6 Å². The van der Waals surface area contributed by atoms with Gasteiger partial charge in [-0.3, -0.25) is 0 Å². The van der Waals surface area contributed by atoms with E-state index in [2.05, 4.69) is 17.1 Å². The van der Waals surface area contributed by atoms with Crippen molar-refractivity contribution >= 4 is 17.3 Å². The van der Waals surface area contributed by atoms with Crippen LogP contribution in [0.4, 0.5) is 0 Å². The largest absolute Gasteiger partial charge is 0.448 e. The fourth-order valence-electron chi connectivity index (χ4n) is 3.29. The summed E-state index contributed by atoms with van der Waals surface area (Å²) in [5.41, 5.74) is 3.30. The van der Waals surface area contributed by atoms with Crippen molar-refractivity contribution in [3.05, 3.63) is 57.1 Å². The number of rotatable bonds is 4. The molecule has 2 heterocycles. The molecule has 0 bridgehead atoms. The second kappa shape index (κ2) is 7.27. The molecule has 0 amide bonds. The minimum Gasteiger partial charge on any atom is -0.448 e. The maximum absolute atomic E-state index is 12.5. The Morgan fingerprint density at radius 2 is 2.07 bits per heavy atom. The van der Waals surface area contributed by atoms with Gasteiger partial charge < -0.3 is 9.15 Å². The maximum Gasteiger partial charge on any atom is 0.349 e. The third-order valence-corrected chi connectivity index (χ3v) is 6.12. The fraction of sp³-hybridized carbons (Fsp3) is 0.381. The number of carbonyl (C=O) groups is 1. The van der Waals surface area contributed by atoms with Crippen LogP contribution in [0.2, 0.25) is 0 Å². The molecular weight excluding hydrogens is 360 g/mol. The third kappa shape index (κ3) is 3.81.